The van der Waals surface area contributed by atoms with Crippen molar-refractivity contribution >= 4 is 29.4 Å². The summed E-state index contributed by atoms with van der Waals surface area (Å²) in [5.74, 6) is 3.54. The number of aliphatic hydroxyl groups excluding tert-OH is 1. The van der Waals surface area contributed by atoms with Crippen molar-refractivity contribution in [2.24, 2.45) is 5.73 Å². The van der Waals surface area contributed by atoms with E-state index in [0.29, 0.717) is 23.2 Å². The Bertz CT molecular complexity index is 1330. The molecule has 13 heteroatoms. The molecule has 1 aliphatic heterocycles. The lowest BCUT2D eigenvalue weighted by Gasteiger charge is -2.28. The smallest absolute Gasteiger partial charge is 0.238 e. The Balaban J connectivity index is 0.00000102. The van der Waals surface area contributed by atoms with Gasteiger partial charge in [-0.2, -0.15) is 16.9 Å². The molecule has 37 heavy (non-hydrogen) atoms. The average Bonchev–Trinajstić information content (AvgIpc) is 3.53. The zero-order valence-electron chi connectivity index (χ0n) is 21.0. The standard InChI is InChI=1S/C23H27N7O3S.CH3NO/c1-23(2,3)20-19-12-25-26-21(18-10-17(13-31)33-28-18)30(19)27-22(20)32-14-15-4-5-16(11-24-15)29-6-8-34-9-7-29;2-1-3/h4-5,10-12,31H,6-9,13-14H2,1-3H3;1H,(H2,2,3). The Kier molecular flexibility index (Phi) is 8.24. The van der Waals surface area contributed by atoms with Crippen LogP contribution < -0.4 is 15.4 Å². The summed E-state index contributed by atoms with van der Waals surface area (Å²) in [6, 6.07) is 5.73. The number of rotatable bonds is 6. The molecule has 1 aliphatic rings. The normalized spacial score (nSPS) is 13.8. The van der Waals surface area contributed by atoms with E-state index in [2.05, 4.69) is 57.8 Å². The van der Waals surface area contributed by atoms with Crippen LogP contribution in [0.5, 0.6) is 5.88 Å². The fraction of sp³-hybridized carbons (Fsp3) is 0.417. The first-order valence-electron chi connectivity index (χ1n) is 11.7. The molecule has 4 aromatic rings. The molecule has 0 aliphatic carbocycles. The Labute approximate surface area is 218 Å². The fourth-order valence-electron chi connectivity index (χ4n) is 3.98. The highest BCUT2D eigenvalue weighted by molar-refractivity contribution is 7.99. The van der Waals surface area contributed by atoms with Crippen molar-refractivity contribution in [2.75, 3.05) is 29.5 Å². The minimum absolute atomic E-state index is 0.250. The largest absolute Gasteiger partial charge is 0.470 e. The molecule has 0 saturated carbocycles. The minimum Gasteiger partial charge on any atom is -0.470 e. The first kappa shape index (κ1) is 26.4. The van der Waals surface area contributed by atoms with Crippen molar-refractivity contribution in [3.63, 3.8) is 0 Å². The fourth-order valence-corrected chi connectivity index (χ4v) is 4.89. The summed E-state index contributed by atoms with van der Waals surface area (Å²) < 4.78 is 13.0. The molecule has 0 bridgehead atoms. The zero-order valence-corrected chi connectivity index (χ0v) is 21.8. The minimum atomic E-state index is -0.263. The maximum atomic E-state index is 9.31. The third-order valence-electron chi connectivity index (χ3n) is 5.66. The number of aromatic nitrogens is 6. The van der Waals surface area contributed by atoms with Gasteiger partial charge in [-0.05, 0) is 17.5 Å². The molecule has 1 fully saturated rings. The zero-order chi connectivity index (χ0) is 26.4. The maximum absolute atomic E-state index is 9.31. The number of pyridine rings is 1. The lowest BCUT2D eigenvalue weighted by molar-refractivity contribution is -0.106. The Morgan fingerprint density at radius 2 is 2.00 bits per heavy atom. The molecule has 1 amide bonds. The van der Waals surface area contributed by atoms with Crippen molar-refractivity contribution in [3.05, 3.63) is 47.6 Å². The van der Waals surface area contributed by atoms with Gasteiger partial charge in [-0.1, -0.05) is 25.9 Å². The summed E-state index contributed by atoms with van der Waals surface area (Å²) in [4.78, 5) is 15.6. The van der Waals surface area contributed by atoms with E-state index >= 15 is 0 Å². The molecule has 0 spiro atoms. The lowest BCUT2D eigenvalue weighted by Crippen LogP contribution is -2.32. The number of aliphatic hydroxyl groups is 1. The summed E-state index contributed by atoms with van der Waals surface area (Å²) in [7, 11) is 0. The molecule has 0 aromatic carbocycles. The summed E-state index contributed by atoms with van der Waals surface area (Å²) >= 11 is 1.99. The summed E-state index contributed by atoms with van der Waals surface area (Å²) in [6.07, 6.45) is 3.83. The Morgan fingerprint density at radius 1 is 1.24 bits per heavy atom. The van der Waals surface area contributed by atoms with Gasteiger partial charge in [0.25, 0.3) is 0 Å². The van der Waals surface area contributed by atoms with Gasteiger partial charge in [0.1, 0.15) is 13.2 Å². The molecular formula is C24H30N8O4S. The van der Waals surface area contributed by atoms with Crippen LogP contribution in [0, 0.1) is 0 Å². The highest BCUT2D eigenvalue weighted by atomic mass is 32.2. The van der Waals surface area contributed by atoms with Crippen LogP contribution in [0.25, 0.3) is 17.0 Å². The van der Waals surface area contributed by atoms with Gasteiger partial charge in [0, 0.05) is 36.2 Å². The number of nitrogens with zero attached hydrogens (tertiary/aromatic N) is 7. The number of anilines is 1. The molecule has 0 radical (unpaired) electrons. The molecule has 5 heterocycles. The van der Waals surface area contributed by atoms with Crippen LogP contribution in [0.3, 0.4) is 0 Å². The van der Waals surface area contributed by atoms with Gasteiger partial charge in [0.05, 0.1) is 29.3 Å². The van der Waals surface area contributed by atoms with Crippen molar-refractivity contribution in [2.45, 2.75) is 39.4 Å². The van der Waals surface area contributed by atoms with E-state index in [1.54, 1.807) is 16.8 Å². The molecule has 0 unspecified atom stereocenters. The number of hydrogen-bond acceptors (Lipinski definition) is 11. The molecule has 4 aromatic heterocycles. The number of ether oxygens (including phenoxy) is 1. The lowest BCUT2D eigenvalue weighted by atomic mass is 9.88. The SMILES string of the molecule is CC(C)(C)c1c(OCc2ccc(N3CCSCC3)cn2)nn2c(-c3cc(CO)on3)nncc12.NC=O. The summed E-state index contributed by atoms with van der Waals surface area (Å²) in [5, 5.41) is 26.4. The van der Waals surface area contributed by atoms with Crippen LogP contribution in [-0.4, -0.2) is 66.1 Å². The van der Waals surface area contributed by atoms with Crippen LogP contribution in [0.4, 0.5) is 5.69 Å². The van der Waals surface area contributed by atoms with Crippen LogP contribution >= 0.6 is 11.8 Å². The van der Waals surface area contributed by atoms with Gasteiger partial charge in [0.2, 0.25) is 18.1 Å². The van der Waals surface area contributed by atoms with Gasteiger partial charge in [-0.3, -0.25) is 9.78 Å². The Hall–Kier alpha value is -3.71. The molecule has 12 nitrogen and oxygen atoms in total. The van der Waals surface area contributed by atoms with Gasteiger partial charge >= 0.3 is 0 Å². The van der Waals surface area contributed by atoms with E-state index < -0.39 is 0 Å². The number of nitrogens with two attached hydrogens (primary N) is 1. The number of fused-ring (bicyclic) bond motifs is 1. The topological polar surface area (TPSA) is 158 Å². The third kappa shape index (κ3) is 6.00. The van der Waals surface area contributed by atoms with Gasteiger partial charge < -0.3 is 25.0 Å². The molecule has 196 valence electrons. The van der Waals surface area contributed by atoms with Crippen LogP contribution in [0.15, 0.2) is 35.1 Å². The number of primary amides is 1. The first-order chi connectivity index (χ1) is 17.9. The number of amides is 1. The van der Waals surface area contributed by atoms with Crippen molar-refractivity contribution < 1.29 is 19.2 Å². The van der Waals surface area contributed by atoms with Crippen molar-refractivity contribution in [3.8, 4) is 17.4 Å². The second-order valence-electron chi connectivity index (χ2n) is 9.26. The molecular weight excluding hydrogens is 496 g/mol. The monoisotopic (exact) mass is 526 g/mol. The molecule has 5 rings (SSSR count). The van der Waals surface area contributed by atoms with Crippen molar-refractivity contribution in [1.29, 1.82) is 0 Å². The first-order valence-corrected chi connectivity index (χ1v) is 12.9. The number of hydrogen-bond donors (Lipinski definition) is 2. The molecule has 3 N–H and O–H groups in total. The van der Waals surface area contributed by atoms with E-state index in [9.17, 15) is 5.11 Å². The predicted octanol–water partition coefficient (Wildman–Crippen LogP) is 2.20. The third-order valence-corrected chi connectivity index (χ3v) is 6.60. The van der Waals surface area contributed by atoms with Gasteiger partial charge in [-0.25, -0.2) is 4.52 Å². The Morgan fingerprint density at radius 3 is 2.62 bits per heavy atom. The summed E-state index contributed by atoms with van der Waals surface area (Å²) in [6.45, 7) is 8.43. The van der Waals surface area contributed by atoms with Crippen molar-refractivity contribution in [1.82, 2.24) is 30.0 Å². The molecule has 1 saturated heterocycles. The van der Waals surface area contributed by atoms with E-state index in [1.165, 1.54) is 0 Å². The predicted molar refractivity (Wildman–Crippen MR) is 139 cm³/mol. The highest BCUT2D eigenvalue weighted by Gasteiger charge is 2.28. The van der Waals surface area contributed by atoms with Crippen LogP contribution in [-0.2, 0) is 23.4 Å². The number of carbonyl (C=O) groups is 1. The number of thioether (sulfide) groups is 1. The van der Waals surface area contributed by atoms with E-state index in [1.807, 2.05) is 24.0 Å². The van der Waals surface area contributed by atoms with E-state index in [4.69, 9.17) is 19.2 Å². The quantitative estimate of drug-likeness (QED) is 0.355. The number of carbonyl (C=O) groups excluding carboxylic acids is 1. The maximum Gasteiger partial charge on any atom is 0.238 e. The highest BCUT2D eigenvalue weighted by Crippen LogP contribution is 2.36. The second-order valence-corrected chi connectivity index (χ2v) is 10.5. The van der Waals surface area contributed by atoms with Crippen LogP contribution in [0.1, 0.15) is 37.8 Å². The second kappa shape index (κ2) is 11.6. The average molecular weight is 527 g/mol. The summed E-state index contributed by atoms with van der Waals surface area (Å²) in [5.41, 5.74) is 7.99. The van der Waals surface area contributed by atoms with Crippen LogP contribution in [0.2, 0.25) is 0 Å². The molecule has 0 atom stereocenters. The van der Waals surface area contributed by atoms with E-state index in [-0.39, 0.29) is 25.0 Å². The van der Waals surface area contributed by atoms with Gasteiger partial charge in [-0.15, -0.1) is 10.2 Å². The van der Waals surface area contributed by atoms with Gasteiger partial charge in [0.15, 0.2) is 11.5 Å². The van der Waals surface area contributed by atoms with E-state index in [0.717, 1.165) is 47.1 Å².